The summed E-state index contributed by atoms with van der Waals surface area (Å²) in [6, 6.07) is 6.44. The van der Waals surface area contributed by atoms with E-state index in [0.29, 0.717) is 17.9 Å². The molecule has 19 heavy (non-hydrogen) atoms. The molecule has 0 saturated heterocycles. The van der Waals surface area contributed by atoms with Gasteiger partial charge in [0, 0.05) is 11.0 Å². The molecular formula is C14H21BrN4. The first-order valence-electron chi connectivity index (χ1n) is 6.48. The van der Waals surface area contributed by atoms with Crippen LogP contribution in [0.4, 0.5) is 5.95 Å². The van der Waals surface area contributed by atoms with Crippen LogP contribution in [0.2, 0.25) is 0 Å². The van der Waals surface area contributed by atoms with Crippen LogP contribution >= 0.6 is 15.9 Å². The number of likely N-dealkylation sites (N-methyl/N-ethyl adjacent to an activating group) is 1. The van der Waals surface area contributed by atoms with Gasteiger partial charge in [-0.3, -0.25) is 0 Å². The van der Waals surface area contributed by atoms with Gasteiger partial charge in [0.1, 0.15) is 0 Å². The van der Waals surface area contributed by atoms with Gasteiger partial charge < -0.3 is 15.2 Å². The summed E-state index contributed by atoms with van der Waals surface area (Å²) < 4.78 is 3.19. The zero-order valence-corrected chi connectivity index (χ0v) is 13.5. The Morgan fingerprint density at radius 1 is 1.37 bits per heavy atom. The molecule has 0 fully saturated rings. The van der Waals surface area contributed by atoms with Crippen LogP contribution in [0.5, 0.6) is 0 Å². The largest absolute Gasteiger partial charge is 0.369 e. The summed E-state index contributed by atoms with van der Waals surface area (Å²) in [7, 11) is 4.17. The fourth-order valence-corrected chi connectivity index (χ4v) is 2.75. The first-order chi connectivity index (χ1) is 8.90. The number of hydrogen-bond donors (Lipinski definition) is 1. The number of anilines is 1. The summed E-state index contributed by atoms with van der Waals surface area (Å²) in [4.78, 5) is 6.67. The highest BCUT2D eigenvalue weighted by Gasteiger charge is 2.21. The molecule has 0 saturated carbocycles. The Labute approximate surface area is 122 Å². The van der Waals surface area contributed by atoms with Gasteiger partial charge in [0.2, 0.25) is 5.95 Å². The van der Waals surface area contributed by atoms with Crippen molar-refractivity contribution in [1.29, 1.82) is 0 Å². The average Bonchev–Trinajstić information content (AvgIpc) is 2.60. The second-order valence-corrected chi connectivity index (χ2v) is 6.46. The van der Waals surface area contributed by atoms with Crippen molar-refractivity contribution >= 4 is 32.9 Å². The maximum Gasteiger partial charge on any atom is 0.201 e. The third kappa shape index (κ3) is 2.92. The molecular weight excluding hydrogens is 304 g/mol. The SMILES string of the molecule is CC(C)C(CN(C)C)n1c(N)nc2cc(Br)ccc21. The molecule has 0 aliphatic heterocycles. The molecule has 1 unspecified atom stereocenters. The number of fused-ring (bicyclic) bond motifs is 1. The fraction of sp³-hybridized carbons (Fsp3) is 0.500. The molecule has 1 aromatic carbocycles. The zero-order chi connectivity index (χ0) is 14.2. The van der Waals surface area contributed by atoms with Crippen molar-refractivity contribution in [3.8, 4) is 0 Å². The number of aromatic nitrogens is 2. The van der Waals surface area contributed by atoms with Gasteiger partial charge in [-0.1, -0.05) is 29.8 Å². The Morgan fingerprint density at radius 2 is 2.05 bits per heavy atom. The highest BCUT2D eigenvalue weighted by Crippen LogP contribution is 2.29. The normalized spacial score (nSPS) is 13.6. The van der Waals surface area contributed by atoms with Crippen molar-refractivity contribution in [1.82, 2.24) is 14.5 Å². The maximum atomic E-state index is 6.14. The maximum absolute atomic E-state index is 6.14. The molecule has 0 aliphatic rings. The molecule has 5 heteroatoms. The van der Waals surface area contributed by atoms with Gasteiger partial charge in [-0.25, -0.2) is 4.98 Å². The molecule has 0 bridgehead atoms. The van der Waals surface area contributed by atoms with Crippen LogP contribution in [0.25, 0.3) is 11.0 Å². The molecule has 0 spiro atoms. The van der Waals surface area contributed by atoms with Gasteiger partial charge in [0.15, 0.2) is 0 Å². The van der Waals surface area contributed by atoms with E-state index < -0.39 is 0 Å². The molecule has 0 radical (unpaired) electrons. The van der Waals surface area contributed by atoms with Crippen LogP contribution in [-0.4, -0.2) is 35.1 Å². The lowest BCUT2D eigenvalue weighted by molar-refractivity contribution is 0.275. The molecule has 1 atom stereocenters. The van der Waals surface area contributed by atoms with E-state index in [1.165, 1.54) is 0 Å². The van der Waals surface area contributed by atoms with E-state index in [9.17, 15) is 0 Å². The Hall–Kier alpha value is -1.07. The van der Waals surface area contributed by atoms with Crippen molar-refractivity contribution in [2.24, 2.45) is 5.92 Å². The van der Waals surface area contributed by atoms with Gasteiger partial charge in [-0.2, -0.15) is 0 Å². The van der Waals surface area contributed by atoms with Crippen molar-refractivity contribution < 1.29 is 0 Å². The minimum atomic E-state index is 0.321. The Balaban J connectivity index is 2.55. The monoisotopic (exact) mass is 324 g/mol. The van der Waals surface area contributed by atoms with E-state index in [1.807, 2.05) is 12.1 Å². The summed E-state index contributed by atoms with van der Waals surface area (Å²) in [6.07, 6.45) is 0. The summed E-state index contributed by atoms with van der Waals surface area (Å²) in [5.41, 5.74) is 8.18. The van der Waals surface area contributed by atoms with E-state index in [2.05, 4.69) is 64.4 Å². The molecule has 0 amide bonds. The topological polar surface area (TPSA) is 47.1 Å². The van der Waals surface area contributed by atoms with E-state index in [0.717, 1.165) is 22.1 Å². The van der Waals surface area contributed by atoms with E-state index in [1.54, 1.807) is 0 Å². The zero-order valence-electron chi connectivity index (χ0n) is 11.9. The minimum Gasteiger partial charge on any atom is -0.369 e. The lowest BCUT2D eigenvalue weighted by atomic mass is 10.0. The molecule has 1 heterocycles. The molecule has 2 N–H and O–H groups in total. The number of nitrogens with two attached hydrogens (primary N) is 1. The number of hydrogen-bond acceptors (Lipinski definition) is 3. The van der Waals surface area contributed by atoms with Crippen LogP contribution in [0.3, 0.4) is 0 Å². The van der Waals surface area contributed by atoms with Crippen molar-refractivity contribution in [2.45, 2.75) is 19.9 Å². The number of nitrogens with zero attached hydrogens (tertiary/aromatic N) is 3. The van der Waals surface area contributed by atoms with E-state index >= 15 is 0 Å². The third-order valence-corrected chi connectivity index (χ3v) is 3.83. The number of imidazole rings is 1. The smallest absolute Gasteiger partial charge is 0.201 e. The first-order valence-corrected chi connectivity index (χ1v) is 7.27. The van der Waals surface area contributed by atoms with Gasteiger partial charge in [-0.15, -0.1) is 0 Å². The van der Waals surface area contributed by atoms with Crippen LogP contribution in [0.15, 0.2) is 22.7 Å². The summed E-state index contributed by atoms with van der Waals surface area (Å²) in [5, 5.41) is 0. The highest BCUT2D eigenvalue weighted by molar-refractivity contribution is 9.10. The Morgan fingerprint density at radius 3 is 2.63 bits per heavy atom. The molecule has 4 nitrogen and oxygen atoms in total. The Kier molecular flexibility index (Phi) is 4.16. The minimum absolute atomic E-state index is 0.321. The van der Waals surface area contributed by atoms with E-state index in [-0.39, 0.29) is 0 Å². The lowest BCUT2D eigenvalue weighted by Gasteiger charge is -2.27. The molecule has 1 aromatic heterocycles. The van der Waals surface area contributed by atoms with Crippen LogP contribution in [0, 0.1) is 5.92 Å². The third-order valence-electron chi connectivity index (χ3n) is 3.33. The van der Waals surface area contributed by atoms with Crippen LogP contribution < -0.4 is 5.73 Å². The average molecular weight is 325 g/mol. The fourth-order valence-electron chi connectivity index (χ4n) is 2.40. The van der Waals surface area contributed by atoms with E-state index in [4.69, 9.17) is 5.73 Å². The summed E-state index contributed by atoms with van der Waals surface area (Å²) in [5.74, 6) is 1.08. The van der Waals surface area contributed by atoms with Crippen molar-refractivity contribution in [3.05, 3.63) is 22.7 Å². The number of nitrogen functional groups attached to an aromatic ring is 1. The Bertz CT molecular complexity index is 574. The van der Waals surface area contributed by atoms with Gasteiger partial charge in [0.05, 0.1) is 17.1 Å². The van der Waals surface area contributed by atoms with Gasteiger partial charge in [-0.05, 0) is 38.2 Å². The summed E-state index contributed by atoms with van der Waals surface area (Å²) in [6.45, 7) is 5.39. The van der Waals surface area contributed by atoms with Gasteiger partial charge in [0.25, 0.3) is 0 Å². The quantitative estimate of drug-likeness (QED) is 0.939. The second kappa shape index (κ2) is 5.51. The first kappa shape index (κ1) is 14.3. The standard InChI is InChI=1S/C14H21BrN4/c1-9(2)13(8-18(3)4)19-12-6-5-10(15)7-11(12)17-14(19)16/h5-7,9,13H,8H2,1-4H3,(H2,16,17). The van der Waals surface area contributed by atoms with Crippen LogP contribution in [-0.2, 0) is 0 Å². The number of benzene rings is 1. The second-order valence-electron chi connectivity index (χ2n) is 5.55. The number of halogens is 1. The number of rotatable bonds is 4. The lowest BCUT2D eigenvalue weighted by Crippen LogP contribution is -2.28. The van der Waals surface area contributed by atoms with Gasteiger partial charge >= 0.3 is 0 Å². The van der Waals surface area contributed by atoms with Crippen molar-refractivity contribution in [3.63, 3.8) is 0 Å². The molecule has 0 aliphatic carbocycles. The van der Waals surface area contributed by atoms with Crippen molar-refractivity contribution in [2.75, 3.05) is 26.4 Å². The predicted octanol–water partition coefficient (Wildman–Crippen LogP) is 3.14. The summed E-state index contributed by atoms with van der Waals surface area (Å²) >= 11 is 3.47. The predicted molar refractivity (Wildman–Crippen MR) is 84.3 cm³/mol. The molecule has 2 aromatic rings. The highest BCUT2D eigenvalue weighted by atomic mass is 79.9. The van der Waals surface area contributed by atoms with Crippen LogP contribution in [0.1, 0.15) is 19.9 Å². The molecule has 104 valence electrons. The molecule has 2 rings (SSSR count).